The van der Waals surface area contributed by atoms with E-state index in [2.05, 4.69) is 10.6 Å². The number of amides is 1. The molecule has 1 aromatic carbocycles. The SMILES string of the molecule is CCOC(=O)c1ccc(CNC(=O)CC2CC3CCC(C2)N3)cc1. The number of fused-ring (bicyclic) bond motifs is 2. The minimum Gasteiger partial charge on any atom is -0.462 e. The zero-order valence-corrected chi connectivity index (χ0v) is 14.2. The van der Waals surface area contributed by atoms with Gasteiger partial charge < -0.3 is 15.4 Å². The lowest BCUT2D eigenvalue weighted by molar-refractivity contribution is -0.122. The van der Waals surface area contributed by atoms with Crippen molar-refractivity contribution in [3.63, 3.8) is 0 Å². The highest BCUT2D eigenvalue weighted by atomic mass is 16.5. The van der Waals surface area contributed by atoms with Crippen LogP contribution < -0.4 is 10.6 Å². The van der Waals surface area contributed by atoms with E-state index in [1.54, 1.807) is 19.1 Å². The van der Waals surface area contributed by atoms with Crippen LogP contribution in [0.1, 0.15) is 54.9 Å². The maximum atomic E-state index is 12.2. The van der Waals surface area contributed by atoms with E-state index in [1.165, 1.54) is 12.8 Å². The van der Waals surface area contributed by atoms with Crippen LogP contribution in [0.5, 0.6) is 0 Å². The molecule has 3 rings (SSSR count). The average molecular weight is 330 g/mol. The summed E-state index contributed by atoms with van der Waals surface area (Å²) in [6.07, 6.45) is 5.39. The number of hydrogen-bond donors (Lipinski definition) is 2. The van der Waals surface area contributed by atoms with Gasteiger partial charge in [-0.05, 0) is 56.2 Å². The smallest absolute Gasteiger partial charge is 0.338 e. The molecule has 130 valence electrons. The van der Waals surface area contributed by atoms with Gasteiger partial charge in [0.15, 0.2) is 0 Å². The minimum atomic E-state index is -0.311. The van der Waals surface area contributed by atoms with Gasteiger partial charge in [-0.25, -0.2) is 4.79 Å². The summed E-state index contributed by atoms with van der Waals surface area (Å²) in [4.78, 5) is 23.8. The third-order valence-electron chi connectivity index (χ3n) is 5.00. The van der Waals surface area contributed by atoms with Crippen molar-refractivity contribution in [2.75, 3.05) is 6.61 Å². The van der Waals surface area contributed by atoms with Gasteiger partial charge in [-0.2, -0.15) is 0 Å². The van der Waals surface area contributed by atoms with E-state index in [-0.39, 0.29) is 11.9 Å². The molecule has 2 heterocycles. The molecule has 24 heavy (non-hydrogen) atoms. The second-order valence-corrected chi connectivity index (χ2v) is 6.87. The van der Waals surface area contributed by atoms with Gasteiger partial charge in [0.05, 0.1) is 12.2 Å². The molecule has 2 bridgehead atoms. The maximum Gasteiger partial charge on any atom is 0.338 e. The molecule has 0 radical (unpaired) electrons. The lowest BCUT2D eigenvalue weighted by atomic mass is 9.89. The van der Waals surface area contributed by atoms with Crippen LogP contribution in [0.2, 0.25) is 0 Å². The van der Waals surface area contributed by atoms with Gasteiger partial charge in [0, 0.05) is 25.0 Å². The highest BCUT2D eigenvalue weighted by molar-refractivity contribution is 5.89. The van der Waals surface area contributed by atoms with Gasteiger partial charge in [0.2, 0.25) is 5.91 Å². The minimum absolute atomic E-state index is 0.121. The van der Waals surface area contributed by atoms with Gasteiger partial charge in [-0.3, -0.25) is 4.79 Å². The van der Waals surface area contributed by atoms with Gasteiger partial charge >= 0.3 is 5.97 Å². The van der Waals surface area contributed by atoms with Crippen LogP contribution in [-0.4, -0.2) is 30.6 Å². The summed E-state index contributed by atoms with van der Waals surface area (Å²) < 4.78 is 4.96. The lowest BCUT2D eigenvalue weighted by Gasteiger charge is -2.28. The van der Waals surface area contributed by atoms with Crippen LogP contribution in [0.25, 0.3) is 0 Å². The van der Waals surface area contributed by atoms with E-state index in [0.29, 0.717) is 43.1 Å². The molecule has 2 atom stereocenters. The number of carbonyl (C=O) groups excluding carboxylic acids is 2. The summed E-state index contributed by atoms with van der Waals surface area (Å²) in [6, 6.07) is 8.44. The molecule has 1 amide bonds. The Labute approximate surface area is 143 Å². The van der Waals surface area contributed by atoms with E-state index in [1.807, 2.05) is 12.1 Å². The number of nitrogens with one attached hydrogen (secondary N) is 2. The fraction of sp³-hybridized carbons (Fsp3) is 0.579. The van der Waals surface area contributed by atoms with Gasteiger partial charge in [-0.1, -0.05) is 12.1 Å². The fourth-order valence-electron chi connectivity index (χ4n) is 3.85. The molecule has 0 aromatic heterocycles. The first-order chi connectivity index (χ1) is 11.6. The van der Waals surface area contributed by atoms with Gasteiger partial charge in [0.25, 0.3) is 0 Å². The lowest BCUT2D eigenvalue weighted by Crippen LogP contribution is -2.39. The molecule has 2 N–H and O–H groups in total. The Morgan fingerprint density at radius 2 is 1.83 bits per heavy atom. The standard InChI is InChI=1S/C19H26N2O3/c1-2-24-19(23)15-5-3-13(4-6-15)12-20-18(22)11-14-9-16-7-8-17(10-14)21-16/h3-6,14,16-17,21H,2,7-12H2,1H3,(H,20,22). The molecule has 0 aliphatic carbocycles. The van der Waals surface area contributed by atoms with Gasteiger partial charge in [0.1, 0.15) is 0 Å². The van der Waals surface area contributed by atoms with E-state index < -0.39 is 0 Å². The van der Waals surface area contributed by atoms with Crippen molar-refractivity contribution in [2.45, 2.75) is 57.7 Å². The van der Waals surface area contributed by atoms with Crippen LogP contribution >= 0.6 is 0 Å². The molecule has 2 aliphatic rings. The second kappa shape index (κ2) is 7.79. The number of hydrogen-bond acceptors (Lipinski definition) is 4. The van der Waals surface area contributed by atoms with Crippen LogP contribution in [0, 0.1) is 5.92 Å². The third-order valence-corrected chi connectivity index (χ3v) is 5.00. The number of benzene rings is 1. The summed E-state index contributed by atoms with van der Waals surface area (Å²) in [5, 5.41) is 6.60. The topological polar surface area (TPSA) is 67.4 Å². The molecular formula is C19H26N2O3. The number of rotatable bonds is 6. The zero-order chi connectivity index (χ0) is 16.9. The van der Waals surface area contributed by atoms with Crippen molar-refractivity contribution in [3.8, 4) is 0 Å². The number of piperidine rings is 1. The summed E-state index contributed by atoms with van der Waals surface area (Å²) in [5.74, 6) is 0.319. The molecular weight excluding hydrogens is 304 g/mol. The Bertz CT molecular complexity index is 573. The summed E-state index contributed by atoms with van der Waals surface area (Å²) >= 11 is 0. The van der Waals surface area contributed by atoms with E-state index in [9.17, 15) is 9.59 Å². The van der Waals surface area contributed by atoms with Crippen LogP contribution in [0.4, 0.5) is 0 Å². The Morgan fingerprint density at radius 1 is 1.17 bits per heavy atom. The summed E-state index contributed by atoms with van der Waals surface area (Å²) in [5.41, 5.74) is 1.53. The van der Waals surface area contributed by atoms with Crippen LogP contribution in [0.3, 0.4) is 0 Å². The fourth-order valence-corrected chi connectivity index (χ4v) is 3.85. The predicted octanol–water partition coefficient (Wildman–Crippen LogP) is 2.40. The molecule has 2 aliphatic heterocycles. The first-order valence-electron chi connectivity index (χ1n) is 8.93. The van der Waals surface area contributed by atoms with Crippen LogP contribution in [0.15, 0.2) is 24.3 Å². The molecule has 0 saturated carbocycles. The molecule has 2 saturated heterocycles. The predicted molar refractivity (Wildman–Crippen MR) is 91.5 cm³/mol. The van der Waals surface area contributed by atoms with E-state index in [0.717, 1.165) is 18.4 Å². The highest BCUT2D eigenvalue weighted by Crippen LogP contribution is 2.32. The Balaban J connectivity index is 1.43. The van der Waals surface area contributed by atoms with Crippen molar-refractivity contribution < 1.29 is 14.3 Å². The molecule has 2 fully saturated rings. The largest absolute Gasteiger partial charge is 0.462 e. The molecule has 5 nitrogen and oxygen atoms in total. The molecule has 1 aromatic rings. The number of esters is 1. The first kappa shape index (κ1) is 17.0. The van der Waals surface area contributed by atoms with E-state index in [4.69, 9.17) is 4.74 Å². The summed E-state index contributed by atoms with van der Waals surface area (Å²) in [6.45, 7) is 2.66. The molecule has 0 spiro atoms. The van der Waals surface area contributed by atoms with Crippen molar-refractivity contribution in [1.82, 2.24) is 10.6 Å². The highest BCUT2D eigenvalue weighted by Gasteiger charge is 2.34. The molecule has 2 unspecified atom stereocenters. The Kier molecular flexibility index (Phi) is 5.51. The quantitative estimate of drug-likeness (QED) is 0.786. The average Bonchev–Trinajstić information content (AvgIpc) is 2.92. The zero-order valence-electron chi connectivity index (χ0n) is 14.2. The van der Waals surface area contributed by atoms with Crippen molar-refractivity contribution in [2.24, 2.45) is 5.92 Å². The maximum absolute atomic E-state index is 12.2. The number of ether oxygens (including phenoxy) is 1. The summed E-state index contributed by atoms with van der Waals surface area (Å²) in [7, 11) is 0. The Morgan fingerprint density at radius 3 is 2.46 bits per heavy atom. The Hall–Kier alpha value is -1.88. The first-order valence-corrected chi connectivity index (χ1v) is 8.93. The van der Waals surface area contributed by atoms with E-state index >= 15 is 0 Å². The normalized spacial score (nSPS) is 25.3. The monoisotopic (exact) mass is 330 g/mol. The van der Waals surface area contributed by atoms with Crippen LogP contribution in [-0.2, 0) is 16.1 Å². The van der Waals surface area contributed by atoms with Crippen molar-refractivity contribution in [1.29, 1.82) is 0 Å². The third kappa shape index (κ3) is 4.35. The van der Waals surface area contributed by atoms with Crippen molar-refractivity contribution >= 4 is 11.9 Å². The number of carbonyl (C=O) groups is 2. The van der Waals surface area contributed by atoms with Gasteiger partial charge in [-0.15, -0.1) is 0 Å². The van der Waals surface area contributed by atoms with Crippen molar-refractivity contribution in [3.05, 3.63) is 35.4 Å². The molecule has 5 heteroatoms. The second-order valence-electron chi connectivity index (χ2n) is 6.87.